The predicted molar refractivity (Wildman–Crippen MR) is 89.7 cm³/mol. The summed E-state index contributed by atoms with van der Waals surface area (Å²) in [5.74, 6) is -8.01. The minimum absolute atomic E-state index is 0.0498. The van der Waals surface area contributed by atoms with Crippen LogP contribution in [0.4, 0.5) is 13.2 Å². The van der Waals surface area contributed by atoms with Crippen molar-refractivity contribution in [2.45, 2.75) is 0 Å². The van der Waals surface area contributed by atoms with Crippen molar-refractivity contribution in [2.75, 3.05) is 0 Å². The summed E-state index contributed by atoms with van der Waals surface area (Å²) in [7, 11) is 0. The van der Waals surface area contributed by atoms with Gasteiger partial charge < -0.3 is 10.8 Å². The lowest BCUT2D eigenvalue weighted by Crippen LogP contribution is -2.10. The number of halogens is 3. The van der Waals surface area contributed by atoms with Gasteiger partial charge in [0.2, 0.25) is 17.5 Å². The SMILES string of the molecule is NC(=O)c1cccc(-c2ccc(C(=O)c3cc(O)c(F)c(F)c3F)s2)c1. The number of aromatic hydroxyl groups is 1. The molecule has 4 nitrogen and oxygen atoms in total. The monoisotopic (exact) mass is 377 g/mol. The minimum Gasteiger partial charge on any atom is -0.505 e. The Labute approximate surface area is 149 Å². The highest BCUT2D eigenvalue weighted by Gasteiger charge is 2.24. The topological polar surface area (TPSA) is 80.4 Å². The van der Waals surface area contributed by atoms with Gasteiger partial charge in [0.05, 0.1) is 10.4 Å². The Hall–Kier alpha value is -3.13. The molecule has 0 radical (unpaired) electrons. The van der Waals surface area contributed by atoms with E-state index in [-0.39, 0.29) is 10.4 Å². The van der Waals surface area contributed by atoms with Gasteiger partial charge >= 0.3 is 0 Å². The van der Waals surface area contributed by atoms with Gasteiger partial charge in [0.15, 0.2) is 17.4 Å². The molecular weight excluding hydrogens is 367 g/mol. The van der Waals surface area contributed by atoms with E-state index in [2.05, 4.69) is 0 Å². The largest absolute Gasteiger partial charge is 0.505 e. The van der Waals surface area contributed by atoms with Gasteiger partial charge in [-0.25, -0.2) is 8.78 Å². The lowest BCUT2D eigenvalue weighted by atomic mass is 10.1. The van der Waals surface area contributed by atoms with E-state index in [1.807, 2.05) is 0 Å². The smallest absolute Gasteiger partial charge is 0.248 e. The highest BCUT2D eigenvalue weighted by molar-refractivity contribution is 7.17. The summed E-state index contributed by atoms with van der Waals surface area (Å²) in [5.41, 5.74) is 5.34. The molecule has 0 saturated carbocycles. The molecular formula is C18H10F3NO3S. The van der Waals surface area contributed by atoms with Gasteiger partial charge in [-0.15, -0.1) is 11.3 Å². The summed E-state index contributed by atoms with van der Waals surface area (Å²) in [6.45, 7) is 0. The number of hydrogen-bond donors (Lipinski definition) is 2. The molecule has 0 unspecified atom stereocenters. The molecule has 1 amide bonds. The van der Waals surface area contributed by atoms with Crippen molar-refractivity contribution in [1.82, 2.24) is 0 Å². The normalized spacial score (nSPS) is 10.7. The number of carbonyl (C=O) groups is 2. The second kappa shape index (κ2) is 6.64. The molecule has 0 atom stereocenters. The third-order valence-electron chi connectivity index (χ3n) is 3.63. The van der Waals surface area contributed by atoms with Crippen LogP contribution in [0.5, 0.6) is 5.75 Å². The Bertz CT molecular complexity index is 1050. The Morgan fingerprint density at radius 3 is 2.38 bits per heavy atom. The molecule has 2 aromatic carbocycles. The molecule has 26 heavy (non-hydrogen) atoms. The average Bonchev–Trinajstić information content (AvgIpc) is 3.12. The summed E-state index contributed by atoms with van der Waals surface area (Å²) < 4.78 is 40.4. The number of phenolic OH excluding ortho intramolecular Hbond substituents is 1. The highest BCUT2D eigenvalue weighted by atomic mass is 32.1. The summed E-state index contributed by atoms with van der Waals surface area (Å²) in [5, 5.41) is 9.29. The van der Waals surface area contributed by atoms with Crippen LogP contribution in [-0.4, -0.2) is 16.8 Å². The number of ketones is 1. The van der Waals surface area contributed by atoms with E-state index >= 15 is 0 Å². The molecule has 1 aromatic heterocycles. The van der Waals surface area contributed by atoms with Crippen LogP contribution in [0, 0.1) is 17.5 Å². The number of benzene rings is 2. The van der Waals surface area contributed by atoms with E-state index in [9.17, 15) is 27.9 Å². The molecule has 0 fully saturated rings. The van der Waals surface area contributed by atoms with Crippen LogP contribution in [-0.2, 0) is 0 Å². The summed E-state index contributed by atoms with van der Waals surface area (Å²) in [6, 6.07) is 9.87. The van der Waals surface area contributed by atoms with Crippen molar-refractivity contribution in [1.29, 1.82) is 0 Å². The Kier molecular flexibility index (Phi) is 4.52. The standard InChI is InChI=1S/C18H10F3NO3S/c19-14-10(7-11(23)15(20)16(14)21)17(24)13-5-4-12(26-13)8-2-1-3-9(6-8)18(22)25/h1-7,23H,(H2,22,25). The number of primary amides is 1. The number of phenols is 1. The van der Waals surface area contributed by atoms with Crippen LogP contribution >= 0.6 is 11.3 Å². The van der Waals surface area contributed by atoms with E-state index in [4.69, 9.17) is 5.73 Å². The first-order chi connectivity index (χ1) is 12.3. The number of rotatable bonds is 4. The van der Waals surface area contributed by atoms with Crippen molar-refractivity contribution >= 4 is 23.0 Å². The van der Waals surface area contributed by atoms with E-state index < -0.39 is 40.5 Å². The second-order valence-corrected chi connectivity index (χ2v) is 6.41. The van der Waals surface area contributed by atoms with E-state index in [0.29, 0.717) is 16.5 Å². The van der Waals surface area contributed by atoms with Crippen LogP contribution in [0.2, 0.25) is 0 Å². The Morgan fingerprint density at radius 2 is 1.69 bits per heavy atom. The predicted octanol–water partition coefficient (Wildman–Crippen LogP) is 3.87. The zero-order valence-electron chi connectivity index (χ0n) is 12.9. The maximum Gasteiger partial charge on any atom is 0.248 e. The van der Waals surface area contributed by atoms with Gasteiger partial charge in [0, 0.05) is 10.4 Å². The molecule has 0 aliphatic rings. The Balaban J connectivity index is 1.99. The molecule has 0 aliphatic heterocycles. The van der Waals surface area contributed by atoms with Crippen LogP contribution in [0.1, 0.15) is 25.6 Å². The quantitative estimate of drug-likeness (QED) is 0.535. The van der Waals surface area contributed by atoms with Crippen molar-refractivity contribution in [3.63, 3.8) is 0 Å². The fraction of sp³-hybridized carbons (Fsp3) is 0. The first-order valence-electron chi connectivity index (χ1n) is 7.21. The zero-order valence-corrected chi connectivity index (χ0v) is 13.7. The second-order valence-electron chi connectivity index (χ2n) is 5.32. The summed E-state index contributed by atoms with van der Waals surface area (Å²) in [4.78, 5) is 24.3. The fourth-order valence-corrected chi connectivity index (χ4v) is 3.29. The number of hydrogen-bond acceptors (Lipinski definition) is 4. The lowest BCUT2D eigenvalue weighted by molar-refractivity contribution is 0.0998. The molecule has 3 aromatic rings. The zero-order chi connectivity index (χ0) is 19.0. The molecule has 3 rings (SSSR count). The molecule has 0 spiro atoms. The third kappa shape index (κ3) is 3.06. The maximum atomic E-state index is 13.9. The Morgan fingerprint density at radius 1 is 0.962 bits per heavy atom. The molecule has 0 bridgehead atoms. The molecule has 3 N–H and O–H groups in total. The van der Waals surface area contributed by atoms with E-state index in [1.165, 1.54) is 18.2 Å². The molecule has 0 aliphatic carbocycles. The third-order valence-corrected chi connectivity index (χ3v) is 4.77. The van der Waals surface area contributed by atoms with Gasteiger partial charge in [-0.3, -0.25) is 9.59 Å². The number of thiophene rings is 1. The van der Waals surface area contributed by atoms with Gasteiger partial charge in [-0.2, -0.15) is 4.39 Å². The maximum absolute atomic E-state index is 13.9. The first kappa shape index (κ1) is 17.7. The van der Waals surface area contributed by atoms with E-state index in [1.54, 1.807) is 18.2 Å². The number of nitrogens with two attached hydrogens (primary N) is 1. The summed E-state index contributed by atoms with van der Waals surface area (Å²) in [6.07, 6.45) is 0. The van der Waals surface area contributed by atoms with Crippen LogP contribution in [0.25, 0.3) is 10.4 Å². The highest BCUT2D eigenvalue weighted by Crippen LogP contribution is 2.32. The van der Waals surface area contributed by atoms with Crippen LogP contribution in [0.15, 0.2) is 42.5 Å². The number of carbonyl (C=O) groups excluding carboxylic acids is 2. The number of amides is 1. The van der Waals surface area contributed by atoms with Gasteiger partial charge in [0.25, 0.3) is 0 Å². The average molecular weight is 377 g/mol. The van der Waals surface area contributed by atoms with Crippen molar-refractivity contribution in [3.05, 3.63) is 75.9 Å². The molecule has 0 saturated heterocycles. The summed E-state index contributed by atoms with van der Waals surface area (Å²) >= 11 is 0.968. The minimum atomic E-state index is -1.92. The fourth-order valence-electron chi connectivity index (χ4n) is 2.33. The van der Waals surface area contributed by atoms with Crippen LogP contribution in [0.3, 0.4) is 0 Å². The lowest BCUT2D eigenvalue weighted by Gasteiger charge is -2.04. The van der Waals surface area contributed by atoms with Crippen molar-refractivity contribution in [2.24, 2.45) is 5.73 Å². The van der Waals surface area contributed by atoms with Gasteiger partial charge in [0.1, 0.15) is 0 Å². The van der Waals surface area contributed by atoms with Gasteiger partial charge in [-0.1, -0.05) is 12.1 Å². The van der Waals surface area contributed by atoms with Gasteiger partial charge in [-0.05, 0) is 35.9 Å². The van der Waals surface area contributed by atoms with Crippen molar-refractivity contribution in [3.8, 4) is 16.2 Å². The molecule has 1 heterocycles. The molecule has 132 valence electrons. The molecule has 8 heteroatoms. The van der Waals surface area contributed by atoms with Crippen molar-refractivity contribution < 1.29 is 27.9 Å². The van der Waals surface area contributed by atoms with Crippen LogP contribution < -0.4 is 5.73 Å². The first-order valence-corrected chi connectivity index (χ1v) is 8.02. The van der Waals surface area contributed by atoms with E-state index in [0.717, 1.165) is 11.3 Å².